The van der Waals surface area contributed by atoms with E-state index in [9.17, 15) is 13.2 Å². The fraction of sp³-hybridized carbons (Fsp3) is 0.278. The summed E-state index contributed by atoms with van der Waals surface area (Å²) in [6.07, 6.45) is -3.23. The van der Waals surface area contributed by atoms with Crippen molar-refractivity contribution in [1.29, 1.82) is 0 Å². The second-order valence-corrected chi connectivity index (χ2v) is 6.02. The zero-order chi connectivity index (χ0) is 18.9. The summed E-state index contributed by atoms with van der Waals surface area (Å²) < 4.78 is 47.7. The lowest BCUT2D eigenvalue weighted by Gasteiger charge is -2.36. The Kier molecular flexibility index (Phi) is 4.53. The minimum atomic E-state index is -4.67. The zero-order valence-electron chi connectivity index (χ0n) is 14.1. The van der Waals surface area contributed by atoms with E-state index in [4.69, 9.17) is 4.74 Å². The van der Waals surface area contributed by atoms with Gasteiger partial charge in [-0.3, -0.25) is 0 Å². The molecule has 1 fully saturated rings. The number of hydrogen-bond donors (Lipinski definition) is 0. The molecule has 0 amide bonds. The number of hydrogen-bond acceptors (Lipinski definition) is 6. The van der Waals surface area contributed by atoms with E-state index in [0.29, 0.717) is 31.1 Å². The van der Waals surface area contributed by atoms with Crippen LogP contribution < -0.4 is 4.90 Å². The molecule has 0 radical (unpaired) electrons. The standard InChI is InChI=1S/C18H15F3N4O2/c19-18(20,21)17-23-16(24-27-17)13-6-7-15(22-10-13)25-8-9-26-11-14(25)12-4-2-1-3-5-12/h1-7,10,14H,8-9,11H2/t14-/m1/s1. The number of halogens is 3. The van der Waals surface area contributed by atoms with Gasteiger partial charge in [0.25, 0.3) is 0 Å². The first-order chi connectivity index (χ1) is 13.0. The van der Waals surface area contributed by atoms with E-state index in [0.717, 1.165) is 5.56 Å². The number of morpholine rings is 1. The number of nitrogens with zero attached hydrogens (tertiary/aromatic N) is 4. The SMILES string of the molecule is FC(F)(F)c1nc(-c2ccc(N3CCOC[C@@H]3c3ccccc3)nc2)no1. The minimum absolute atomic E-state index is 0.0142. The molecule has 0 spiro atoms. The lowest BCUT2D eigenvalue weighted by molar-refractivity contribution is -0.159. The van der Waals surface area contributed by atoms with E-state index in [1.807, 2.05) is 30.3 Å². The molecule has 0 saturated carbocycles. The van der Waals surface area contributed by atoms with Crippen molar-refractivity contribution in [2.45, 2.75) is 12.2 Å². The molecule has 140 valence electrons. The van der Waals surface area contributed by atoms with E-state index in [2.05, 4.69) is 24.5 Å². The number of ether oxygens (including phenoxy) is 1. The Balaban J connectivity index is 1.58. The van der Waals surface area contributed by atoms with Crippen LogP contribution in [0.2, 0.25) is 0 Å². The zero-order valence-corrected chi connectivity index (χ0v) is 14.1. The molecule has 0 bridgehead atoms. The summed E-state index contributed by atoms with van der Waals surface area (Å²) in [5.41, 5.74) is 1.46. The molecule has 1 aliphatic rings. The molecule has 2 aromatic heterocycles. The van der Waals surface area contributed by atoms with E-state index < -0.39 is 12.1 Å². The highest BCUT2D eigenvalue weighted by Crippen LogP contribution is 2.31. The summed E-state index contributed by atoms with van der Waals surface area (Å²) in [5, 5.41) is 3.38. The summed E-state index contributed by atoms with van der Waals surface area (Å²) in [6.45, 7) is 1.77. The molecule has 9 heteroatoms. The first-order valence-electron chi connectivity index (χ1n) is 8.29. The Hall–Kier alpha value is -2.94. The van der Waals surface area contributed by atoms with Crippen LogP contribution >= 0.6 is 0 Å². The maximum absolute atomic E-state index is 12.6. The summed E-state index contributed by atoms with van der Waals surface area (Å²) in [6, 6.07) is 13.3. The summed E-state index contributed by atoms with van der Waals surface area (Å²) in [4.78, 5) is 9.88. The molecule has 1 atom stereocenters. The van der Waals surface area contributed by atoms with Gasteiger partial charge in [-0.05, 0) is 17.7 Å². The van der Waals surface area contributed by atoms with Gasteiger partial charge in [-0.2, -0.15) is 18.2 Å². The molecule has 0 N–H and O–H groups in total. The van der Waals surface area contributed by atoms with Crippen LogP contribution in [0.5, 0.6) is 0 Å². The monoisotopic (exact) mass is 376 g/mol. The normalized spacial score (nSPS) is 17.9. The molecule has 6 nitrogen and oxygen atoms in total. The highest BCUT2D eigenvalue weighted by molar-refractivity contribution is 5.56. The summed E-state index contributed by atoms with van der Waals surface area (Å²) >= 11 is 0. The summed E-state index contributed by atoms with van der Waals surface area (Å²) in [7, 11) is 0. The van der Waals surface area contributed by atoms with E-state index >= 15 is 0 Å². The van der Waals surface area contributed by atoms with Gasteiger partial charge in [0, 0.05) is 18.3 Å². The third-order valence-electron chi connectivity index (χ3n) is 4.28. The van der Waals surface area contributed by atoms with Crippen LogP contribution in [0.15, 0.2) is 53.2 Å². The molecule has 3 heterocycles. The Bertz CT molecular complexity index is 897. The van der Waals surface area contributed by atoms with Crippen LogP contribution in [0.25, 0.3) is 11.4 Å². The van der Waals surface area contributed by atoms with Crippen LogP contribution in [0.3, 0.4) is 0 Å². The molecule has 1 saturated heterocycles. The molecule has 1 aliphatic heterocycles. The first kappa shape index (κ1) is 17.5. The van der Waals surface area contributed by atoms with Gasteiger partial charge in [0.15, 0.2) is 0 Å². The molecule has 4 rings (SSSR count). The lowest BCUT2D eigenvalue weighted by Crippen LogP contribution is -2.40. The molecular weight excluding hydrogens is 361 g/mol. The van der Waals surface area contributed by atoms with Crippen LogP contribution in [0.1, 0.15) is 17.5 Å². The maximum atomic E-state index is 12.6. The van der Waals surface area contributed by atoms with Gasteiger partial charge in [0.2, 0.25) is 5.82 Å². The van der Waals surface area contributed by atoms with Gasteiger partial charge in [-0.25, -0.2) is 4.98 Å². The predicted octanol–water partition coefficient (Wildman–Crippen LogP) is 3.73. The van der Waals surface area contributed by atoms with Gasteiger partial charge in [-0.15, -0.1) is 0 Å². The third kappa shape index (κ3) is 3.63. The average molecular weight is 376 g/mol. The predicted molar refractivity (Wildman–Crippen MR) is 89.9 cm³/mol. The maximum Gasteiger partial charge on any atom is 0.471 e. The van der Waals surface area contributed by atoms with Crippen LogP contribution in [0.4, 0.5) is 19.0 Å². The minimum Gasteiger partial charge on any atom is -0.377 e. The lowest BCUT2D eigenvalue weighted by atomic mass is 10.0. The van der Waals surface area contributed by atoms with Crippen molar-refractivity contribution in [3.05, 3.63) is 60.1 Å². The van der Waals surface area contributed by atoms with Gasteiger partial charge >= 0.3 is 12.1 Å². The Labute approximate surface area is 152 Å². The third-order valence-corrected chi connectivity index (χ3v) is 4.28. The van der Waals surface area contributed by atoms with E-state index in [1.165, 1.54) is 6.20 Å². The molecule has 27 heavy (non-hydrogen) atoms. The Morgan fingerprint density at radius 2 is 1.89 bits per heavy atom. The number of benzene rings is 1. The van der Waals surface area contributed by atoms with Gasteiger partial charge < -0.3 is 14.2 Å². The van der Waals surface area contributed by atoms with Crippen molar-refractivity contribution in [3.63, 3.8) is 0 Å². The highest BCUT2D eigenvalue weighted by Gasteiger charge is 2.38. The number of anilines is 1. The first-order valence-corrected chi connectivity index (χ1v) is 8.29. The van der Waals surface area contributed by atoms with Crippen LogP contribution in [0, 0.1) is 0 Å². The number of rotatable bonds is 3. The van der Waals surface area contributed by atoms with Crippen molar-refractivity contribution in [3.8, 4) is 11.4 Å². The fourth-order valence-corrected chi connectivity index (χ4v) is 2.97. The van der Waals surface area contributed by atoms with E-state index in [-0.39, 0.29) is 11.9 Å². The molecule has 0 aliphatic carbocycles. The van der Waals surface area contributed by atoms with Crippen molar-refractivity contribution in [2.75, 3.05) is 24.7 Å². The van der Waals surface area contributed by atoms with Crippen LogP contribution in [-0.4, -0.2) is 34.9 Å². The fourth-order valence-electron chi connectivity index (χ4n) is 2.97. The smallest absolute Gasteiger partial charge is 0.377 e. The van der Waals surface area contributed by atoms with Crippen molar-refractivity contribution >= 4 is 5.82 Å². The molecular formula is C18H15F3N4O2. The highest BCUT2D eigenvalue weighted by atomic mass is 19.4. The van der Waals surface area contributed by atoms with Crippen molar-refractivity contribution in [2.24, 2.45) is 0 Å². The quantitative estimate of drug-likeness (QED) is 0.694. The number of aromatic nitrogens is 3. The second-order valence-electron chi connectivity index (χ2n) is 6.02. The topological polar surface area (TPSA) is 64.3 Å². The van der Waals surface area contributed by atoms with Gasteiger partial charge in [0.05, 0.1) is 19.3 Å². The Morgan fingerprint density at radius 3 is 2.56 bits per heavy atom. The molecule has 0 unspecified atom stereocenters. The average Bonchev–Trinajstić information content (AvgIpc) is 3.20. The molecule has 1 aromatic carbocycles. The molecule has 3 aromatic rings. The Morgan fingerprint density at radius 1 is 1.07 bits per heavy atom. The summed E-state index contributed by atoms with van der Waals surface area (Å²) in [5.74, 6) is -0.822. The largest absolute Gasteiger partial charge is 0.471 e. The van der Waals surface area contributed by atoms with Crippen LogP contribution in [-0.2, 0) is 10.9 Å². The van der Waals surface area contributed by atoms with Crippen molar-refractivity contribution in [1.82, 2.24) is 15.1 Å². The van der Waals surface area contributed by atoms with E-state index in [1.54, 1.807) is 12.1 Å². The number of alkyl halides is 3. The van der Waals surface area contributed by atoms with Gasteiger partial charge in [0.1, 0.15) is 5.82 Å². The van der Waals surface area contributed by atoms with Gasteiger partial charge in [-0.1, -0.05) is 35.5 Å². The second kappa shape index (κ2) is 6.99. The van der Waals surface area contributed by atoms with Crippen molar-refractivity contribution < 1.29 is 22.4 Å². The number of pyridine rings is 1.